The molecule has 4 rings (SSSR count). The van der Waals surface area contributed by atoms with Crippen molar-refractivity contribution in [2.45, 2.75) is 40.0 Å². The first-order valence-corrected chi connectivity index (χ1v) is 8.98. The van der Waals surface area contributed by atoms with Gasteiger partial charge in [0.2, 0.25) is 0 Å². The first-order chi connectivity index (χ1) is 11.7. The molecule has 3 aromatic carbocycles. The normalized spacial score (nSPS) is 12.2. The maximum Gasteiger partial charge on any atom is 0.0142 e. The standard InChI is InChI=1S/C22H20.C2H6/c1-15-8-10-18-19-11-9-16(2)13-21(19)22(20(18)12-15)14-17-6-4-3-5-7-17;1-2/h3-13,22H,14H2,1-2H3;1-2H3. The molecule has 3 aromatic rings. The van der Waals surface area contributed by atoms with Crippen molar-refractivity contribution >= 4 is 0 Å². The molecule has 0 N–H and O–H groups in total. The monoisotopic (exact) mass is 314 g/mol. The maximum absolute atomic E-state index is 2.37. The third-order valence-corrected chi connectivity index (χ3v) is 4.74. The lowest BCUT2D eigenvalue weighted by Gasteiger charge is -2.14. The Balaban J connectivity index is 0.000000815. The Morgan fingerprint density at radius 1 is 0.667 bits per heavy atom. The quantitative estimate of drug-likeness (QED) is 0.494. The van der Waals surface area contributed by atoms with Crippen molar-refractivity contribution in [1.82, 2.24) is 0 Å². The summed E-state index contributed by atoms with van der Waals surface area (Å²) in [6.45, 7) is 8.38. The zero-order valence-corrected chi connectivity index (χ0v) is 15.1. The van der Waals surface area contributed by atoms with E-state index in [9.17, 15) is 0 Å². The van der Waals surface area contributed by atoms with Crippen molar-refractivity contribution < 1.29 is 0 Å². The summed E-state index contributed by atoms with van der Waals surface area (Å²) < 4.78 is 0. The minimum absolute atomic E-state index is 0.479. The van der Waals surface area contributed by atoms with Gasteiger partial charge in [-0.25, -0.2) is 0 Å². The van der Waals surface area contributed by atoms with E-state index in [-0.39, 0.29) is 0 Å². The first kappa shape index (κ1) is 16.5. The van der Waals surface area contributed by atoms with Gasteiger partial charge in [-0.2, -0.15) is 0 Å². The third kappa shape index (κ3) is 3.01. The van der Waals surface area contributed by atoms with Gasteiger partial charge in [-0.3, -0.25) is 0 Å². The number of hydrogen-bond donors (Lipinski definition) is 0. The fourth-order valence-electron chi connectivity index (χ4n) is 3.67. The Morgan fingerprint density at radius 3 is 1.67 bits per heavy atom. The number of hydrogen-bond acceptors (Lipinski definition) is 0. The van der Waals surface area contributed by atoms with E-state index in [2.05, 4.69) is 80.6 Å². The van der Waals surface area contributed by atoms with E-state index in [0.717, 1.165) is 6.42 Å². The molecule has 0 heteroatoms. The maximum atomic E-state index is 2.37. The molecule has 0 bridgehead atoms. The van der Waals surface area contributed by atoms with Crippen LogP contribution in [0.25, 0.3) is 11.1 Å². The van der Waals surface area contributed by atoms with Gasteiger partial charge in [0.15, 0.2) is 0 Å². The lowest BCUT2D eigenvalue weighted by Crippen LogP contribution is -2.02. The lowest BCUT2D eigenvalue weighted by atomic mass is 9.89. The Bertz CT molecular complexity index is 776. The third-order valence-electron chi connectivity index (χ3n) is 4.74. The van der Waals surface area contributed by atoms with Gasteiger partial charge in [-0.05, 0) is 48.1 Å². The Kier molecular flexibility index (Phi) is 4.85. The zero-order chi connectivity index (χ0) is 17.1. The van der Waals surface area contributed by atoms with Crippen LogP contribution in [0.1, 0.15) is 47.6 Å². The molecule has 0 saturated carbocycles. The van der Waals surface area contributed by atoms with Crippen LogP contribution < -0.4 is 0 Å². The summed E-state index contributed by atoms with van der Waals surface area (Å²) >= 11 is 0. The van der Waals surface area contributed by atoms with E-state index in [1.807, 2.05) is 13.8 Å². The molecule has 0 fully saturated rings. The fraction of sp³-hybridized carbons (Fsp3) is 0.250. The molecule has 24 heavy (non-hydrogen) atoms. The summed E-state index contributed by atoms with van der Waals surface area (Å²) in [5.74, 6) is 0.479. The van der Waals surface area contributed by atoms with Crippen LogP contribution in [-0.4, -0.2) is 0 Å². The summed E-state index contributed by atoms with van der Waals surface area (Å²) in [6.07, 6.45) is 1.08. The van der Waals surface area contributed by atoms with Gasteiger partial charge >= 0.3 is 0 Å². The molecule has 0 unspecified atom stereocenters. The van der Waals surface area contributed by atoms with Crippen molar-refractivity contribution in [3.63, 3.8) is 0 Å². The smallest absolute Gasteiger partial charge is 0.0142 e. The van der Waals surface area contributed by atoms with Gasteiger partial charge in [-0.15, -0.1) is 0 Å². The molecule has 0 nitrogen and oxygen atoms in total. The van der Waals surface area contributed by atoms with Crippen LogP contribution in [0.15, 0.2) is 66.7 Å². The van der Waals surface area contributed by atoms with E-state index in [1.54, 1.807) is 0 Å². The van der Waals surface area contributed by atoms with E-state index in [1.165, 1.54) is 38.9 Å². The van der Waals surface area contributed by atoms with Gasteiger partial charge < -0.3 is 0 Å². The van der Waals surface area contributed by atoms with Crippen LogP contribution in [0.5, 0.6) is 0 Å². The van der Waals surface area contributed by atoms with E-state index in [0.29, 0.717) is 5.92 Å². The summed E-state index contributed by atoms with van der Waals surface area (Å²) in [7, 11) is 0. The molecule has 0 atom stereocenters. The van der Waals surface area contributed by atoms with Crippen LogP contribution in [-0.2, 0) is 6.42 Å². The van der Waals surface area contributed by atoms with Gasteiger partial charge in [0, 0.05) is 5.92 Å². The predicted molar refractivity (Wildman–Crippen MR) is 105 cm³/mol. The molecule has 1 aliphatic carbocycles. The average Bonchev–Trinajstić information content (AvgIpc) is 2.90. The fourth-order valence-corrected chi connectivity index (χ4v) is 3.67. The molecular formula is C24H26. The van der Waals surface area contributed by atoms with E-state index in [4.69, 9.17) is 0 Å². The van der Waals surface area contributed by atoms with E-state index >= 15 is 0 Å². The topological polar surface area (TPSA) is 0 Å². The Morgan fingerprint density at radius 2 is 1.17 bits per heavy atom. The zero-order valence-electron chi connectivity index (χ0n) is 15.1. The highest BCUT2D eigenvalue weighted by Crippen LogP contribution is 2.46. The van der Waals surface area contributed by atoms with Crippen molar-refractivity contribution in [2.24, 2.45) is 0 Å². The highest BCUT2D eigenvalue weighted by molar-refractivity contribution is 5.79. The lowest BCUT2D eigenvalue weighted by molar-refractivity contribution is 0.825. The van der Waals surface area contributed by atoms with Crippen molar-refractivity contribution in [3.05, 3.63) is 94.5 Å². The van der Waals surface area contributed by atoms with Crippen LogP contribution >= 0.6 is 0 Å². The van der Waals surface area contributed by atoms with Crippen LogP contribution in [0, 0.1) is 13.8 Å². The second-order valence-electron chi connectivity index (χ2n) is 6.42. The second-order valence-corrected chi connectivity index (χ2v) is 6.42. The largest absolute Gasteiger partial charge is 0.0683 e. The number of rotatable bonds is 2. The van der Waals surface area contributed by atoms with Gasteiger partial charge in [-0.1, -0.05) is 91.7 Å². The number of benzene rings is 3. The molecule has 1 aliphatic rings. The Hall–Kier alpha value is -2.34. The van der Waals surface area contributed by atoms with Gasteiger partial charge in [0.25, 0.3) is 0 Å². The second kappa shape index (κ2) is 7.05. The van der Waals surface area contributed by atoms with E-state index < -0.39 is 0 Å². The molecule has 0 heterocycles. The van der Waals surface area contributed by atoms with Gasteiger partial charge in [0.1, 0.15) is 0 Å². The summed E-state index contributed by atoms with van der Waals surface area (Å²) in [4.78, 5) is 0. The molecule has 0 spiro atoms. The predicted octanol–water partition coefficient (Wildman–Crippen LogP) is 6.68. The molecular weight excluding hydrogens is 288 g/mol. The summed E-state index contributed by atoms with van der Waals surface area (Å²) in [6, 6.07) is 24.6. The molecule has 0 aliphatic heterocycles. The van der Waals surface area contributed by atoms with Crippen LogP contribution in [0.3, 0.4) is 0 Å². The minimum atomic E-state index is 0.479. The van der Waals surface area contributed by atoms with Crippen molar-refractivity contribution in [1.29, 1.82) is 0 Å². The highest BCUT2D eigenvalue weighted by Gasteiger charge is 2.28. The summed E-state index contributed by atoms with van der Waals surface area (Å²) in [5.41, 5.74) is 9.92. The minimum Gasteiger partial charge on any atom is -0.0683 e. The first-order valence-electron chi connectivity index (χ1n) is 8.98. The number of aryl methyl sites for hydroxylation is 2. The number of fused-ring (bicyclic) bond motifs is 3. The van der Waals surface area contributed by atoms with Crippen molar-refractivity contribution in [3.8, 4) is 11.1 Å². The molecule has 122 valence electrons. The Labute approximate surface area is 146 Å². The van der Waals surface area contributed by atoms with Gasteiger partial charge in [0.05, 0.1) is 0 Å². The molecule has 0 amide bonds. The van der Waals surface area contributed by atoms with Crippen LogP contribution in [0.4, 0.5) is 0 Å². The molecule has 0 radical (unpaired) electrons. The molecule has 0 aromatic heterocycles. The average molecular weight is 314 g/mol. The highest BCUT2D eigenvalue weighted by atomic mass is 14.3. The summed E-state index contributed by atoms with van der Waals surface area (Å²) in [5, 5.41) is 0. The SMILES string of the molecule is CC.Cc1ccc2c(c1)C(Cc1ccccc1)c1cc(C)ccc1-2. The molecule has 0 saturated heterocycles. The van der Waals surface area contributed by atoms with Crippen LogP contribution in [0.2, 0.25) is 0 Å². The van der Waals surface area contributed by atoms with Crippen molar-refractivity contribution in [2.75, 3.05) is 0 Å².